The van der Waals surface area contributed by atoms with Gasteiger partial charge in [0.25, 0.3) is 0 Å². The van der Waals surface area contributed by atoms with E-state index >= 15 is 0 Å². The molecule has 1 rings (SSSR count). The van der Waals surface area contributed by atoms with Crippen molar-refractivity contribution in [2.45, 2.75) is 79.5 Å². The van der Waals surface area contributed by atoms with E-state index in [1.165, 1.54) is 0 Å². The number of carbonyl (C=O) groups excluding carboxylic acids is 2. The lowest BCUT2D eigenvalue weighted by molar-refractivity contribution is -0.306. The van der Waals surface area contributed by atoms with Crippen molar-refractivity contribution < 1.29 is 85.4 Å². The average molecular weight is 522 g/mol. The van der Waals surface area contributed by atoms with Gasteiger partial charge in [0.05, 0.1) is 19.8 Å². The summed E-state index contributed by atoms with van der Waals surface area (Å²) in [4.78, 5) is 20.2. The van der Waals surface area contributed by atoms with E-state index in [9.17, 15) is 40.2 Å². The van der Waals surface area contributed by atoms with Crippen LogP contribution in [0, 0.1) is 0 Å². The zero-order valence-electron chi connectivity index (χ0n) is 18.2. The Morgan fingerprint density at radius 2 is 1.14 bits per heavy atom. The van der Waals surface area contributed by atoms with Gasteiger partial charge < -0.3 is 85.4 Å². The maximum absolute atomic E-state index is 10.3. The summed E-state index contributed by atoms with van der Waals surface area (Å²) in [6.45, 7) is -2.13. The van der Waals surface area contributed by atoms with Crippen LogP contribution in [0.5, 0.6) is 0 Å². The molecule has 0 aromatic rings. The molecule has 0 unspecified atom stereocenters. The minimum absolute atomic E-state index is 0.0258. The van der Waals surface area contributed by atoms with Crippen LogP contribution in [0.2, 0.25) is 0 Å². The van der Waals surface area contributed by atoms with Crippen LogP contribution < -0.4 is 0 Å². The first-order valence-corrected chi connectivity index (χ1v) is 10.2. The van der Waals surface area contributed by atoms with E-state index in [1.54, 1.807) is 0 Å². The van der Waals surface area contributed by atoms with Gasteiger partial charge in [-0.05, 0) is 0 Å². The Labute approximate surface area is 198 Å². The van der Waals surface area contributed by atoms with Crippen molar-refractivity contribution in [3.63, 3.8) is 0 Å². The van der Waals surface area contributed by atoms with Crippen LogP contribution in [-0.4, -0.2) is 178 Å². The minimum Gasteiger partial charge on any atom is -0.394 e. The summed E-state index contributed by atoms with van der Waals surface area (Å²) >= 11 is 0. The molecule has 1 heterocycles. The highest BCUT2D eigenvalue weighted by molar-refractivity contribution is 5.57. The Bertz CT molecular complexity index is 593. The van der Waals surface area contributed by atoms with E-state index in [0.29, 0.717) is 0 Å². The summed E-state index contributed by atoms with van der Waals surface area (Å²) in [5.41, 5.74) is 0. The molecule has 0 saturated carbocycles. The predicted octanol–water partition coefficient (Wildman–Crippen LogP) is -8.93. The number of hydrogen-bond donors (Lipinski definition) is 13. The number of aliphatic hydroxyl groups is 13. The molecular formula is C18H34O17. The van der Waals surface area contributed by atoms with Crippen LogP contribution in [0.3, 0.4) is 0 Å². The van der Waals surface area contributed by atoms with E-state index in [4.69, 9.17) is 45.2 Å². The van der Waals surface area contributed by atoms with Crippen molar-refractivity contribution in [3.05, 3.63) is 0 Å². The summed E-state index contributed by atoms with van der Waals surface area (Å²) in [5, 5.41) is 119. The molecule has 208 valence electrons. The van der Waals surface area contributed by atoms with Gasteiger partial charge >= 0.3 is 0 Å². The molecule has 0 radical (unpaired) electrons. The number of aliphatic hydroxyl groups excluding tert-OH is 13. The van der Waals surface area contributed by atoms with Crippen molar-refractivity contribution in [2.24, 2.45) is 0 Å². The van der Waals surface area contributed by atoms with E-state index in [-0.39, 0.29) is 12.6 Å². The summed E-state index contributed by atoms with van der Waals surface area (Å²) in [7, 11) is 0. The first-order chi connectivity index (χ1) is 16.3. The molecule has 0 amide bonds. The third-order valence-corrected chi connectivity index (χ3v) is 4.93. The van der Waals surface area contributed by atoms with Gasteiger partial charge in [0.15, 0.2) is 18.9 Å². The second kappa shape index (κ2) is 16.5. The number of rotatable bonds is 13. The zero-order valence-corrected chi connectivity index (χ0v) is 18.2. The van der Waals surface area contributed by atoms with Gasteiger partial charge in [-0.15, -0.1) is 0 Å². The molecule has 1 aliphatic rings. The molecule has 17 heteroatoms. The number of carbonyl (C=O) groups is 2. The smallest absolute Gasteiger partial charge is 0.186 e. The standard InChI is InChI=1S/C12H22O11.C6H12O6/c13-1-4(15)7(17)8(18)5(16)3-22-12-11(21)10(20)9(19)6(2-14)23-12;7-1-3(9)5(11)6(12)4(10)2-8/h1,4-12,14-21H,2-3H2;1,3-6,8-12H,2H2/t4-,5+,6+,7+,8+,9+,10-,11+,12-;3-,4+,5+,6-/m00/s1. The molecule has 35 heavy (non-hydrogen) atoms. The van der Waals surface area contributed by atoms with E-state index in [0.717, 1.165) is 0 Å². The van der Waals surface area contributed by atoms with Crippen molar-refractivity contribution >= 4 is 12.6 Å². The lowest BCUT2D eigenvalue weighted by Crippen LogP contribution is -2.59. The van der Waals surface area contributed by atoms with Crippen LogP contribution in [-0.2, 0) is 19.1 Å². The molecular weight excluding hydrogens is 488 g/mol. The van der Waals surface area contributed by atoms with Crippen LogP contribution in [0.1, 0.15) is 0 Å². The molecule has 1 aliphatic heterocycles. The second-order valence-electron chi connectivity index (χ2n) is 7.56. The van der Waals surface area contributed by atoms with E-state index in [1.807, 2.05) is 0 Å². The fourth-order valence-corrected chi connectivity index (χ4v) is 2.63. The topological polar surface area (TPSA) is 316 Å². The zero-order chi connectivity index (χ0) is 27.5. The van der Waals surface area contributed by atoms with Crippen molar-refractivity contribution in [1.29, 1.82) is 0 Å². The molecule has 17 nitrogen and oxygen atoms in total. The van der Waals surface area contributed by atoms with Crippen LogP contribution in [0.15, 0.2) is 0 Å². The summed E-state index contributed by atoms with van der Waals surface area (Å²) in [5.74, 6) is 0. The SMILES string of the molecule is O=C[C@H](O)[C@@H](O)[C@@H](O)[C@H](O)CO.O=C[C@H](O)[C@@H](O)[C@H](O)[C@H](O)CO[C@H]1O[C@H](CO)[C@@H](O)[C@H](O)[C@H]1O. The van der Waals surface area contributed by atoms with Crippen molar-refractivity contribution in [1.82, 2.24) is 0 Å². The molecule has 0 bridgehead atoms. The third-order valence-electron chi connectivity index (χ3n) is 4.93. The molecule has 1 saturated heterocycles. The number of ether oxygens (including phenoxy) is 2. The van der Waals surface area contributed by atoms with Gasteiger partial charge in [0.2, 0.25) is 0 Å². The lowest BCUT2D eigenvalue weighted by atomic mass is 9.99. The predicted molar refractivity (Wildman–Crippen MR) is 107 cm³/mol. The quantitative estimate of drug-likeness (QED) is 0.0998. The molecule has 0 spiro atoms. The first-order valence-electron chi connectivity index (χ1n) is 10.2. The highest BCUT2D eigenvalue weighted by atomic mass is 16.7. The second-order valence-corrected chi connectivity index (χ2v) is 7.56. The van der Waals surface area contributed by atoms with Gasteiger partial charge in [-0.3, -0.25) is 0 Å². The highest BCUT2D eigenvalue weighted by Gasteiger charge is 2.44. The maximum Gasteiger partial charge on any atom is 0.186 e. The molecule has 13 N–H and O–H groups in total. The first kappa shape index (κ1) is 33.7. The Kier molecular flexibility index (Phi) is 15.9. The van der Waals surface area contributed by atoms with Gasteiger partial charge in [-0.2, -0.15) is 0 Å². The van der Waals surface area contributed by atoms with Crippen molar-refractivity contribution in [3.8, 4) is 0 Å². The van der Waals surface area contributed by atoms with E-state index in [2.05, 4.69) is 0 Å². The van der Waals surface area contributed by atoms with Crippen LogP contribution in [0.25, 0.3) is 0 Å². The Morgan fingerprint density at radius 1 is 0.686 bits per heavy atom. The third kappa shape index (κ3) is 9.96. The van der Waals surface area contributed by atoms with Gasteiger partial charge in [-0.25, -0.2) is 0 Å². The molecule has 1 fully saturated rings. The largest absolute Gasteiger partial charge is 0.394 e. The van der Waals surface area contributed by atoms with Gasteiger partial charge in [0.1, 0.15) is 73.2 Å². The normalized spacial score (nSPS) is 31.5. The minimum atomic E-state index is -1.96. The summed E-state index contributed by atoms with van der Waals surface area (Å²) < 4.78 is 9.94. The highest BCUT2D eigenvalue weighted by Crippen LogP contribution is 2.22. The lowest BCUT2D eigenvalue weighted by Gasteiger charge is -2.40. The van der Waals surface area contributed by atoms with Gasteiger partial charge in [0, 0.05) is 0 Å². The summed E-state index contributed by atoms with van der Waals surface area (Å²) in [6.07, 6.45) is -22.1. The summed E-state index contributed by atoms with van der Waals surface area (Å²) in [6, 6.07) is 0. The monoisotopic (exact) mass is 522 g/mol. The average Bonchev–Trinajstić information content (AvgIpc) is 2.88. The fraction of sp³-hybridized carbons (Fsp3) is 0.889. The molecule has 0 aromatic carbocycles. The molecule has 13 atom stereocenters. The number of hydrogen-bond acceptors (Lipinski definition) is 17. The Morgan fingerprint density at radius 3 is 1.54 bits per heavy atom. The number of aldehydes is 2. The fourth-order valence-electron chi connectivity index (χ4n) is 2.63. The van der Waals surface area contributed by atoms with Crippen LogP contribution >= 0.6 is 0 Å². The molecule has 0 aliphatic carbocycles. The molecule has 0 aromatic heterocycles. The Hall–Kier alpha value is -1.26. The van der Waals surface area contributed by atoms with E-state index < -0.39 is 99.4 Å². The maximum atomic E-state index is 10.3. The van der Waals surface area contributed by atoms with Gasteiger partial charge in [-0.1, -0.05) is 0 Å². The van der Waals surface area contributed by atoms with Crippen LogP contribution in [0.4, 0.5) is 0 Å². The Balaban J connectivity index is 0.000000814. The van der Waals surface area contributed by atoms with Crippen molar-refractivity contribution in [2.75, 3.05) is 19.8 Å².